The summed E-state index contributed by atoms with van der Waals surface area (Å²) in [6, 6.07) is 14.4. The van der Waals surface area contributed by atoms with Crippen LogP contribution in [0.15, 0.2) is 59.0 Å². The van der Waals surface area contributed by atoms with Crippen molar-refractivity contribution < 1.29 is 18.3 Å². The van der Waals surface area contributed by atoms with Gasteiger partial charge in [0.2, 0.25) is 0 Å². The van der Waals surface area contributed by atoms with E-state index in [0.717, 1.165) is 33.4 Å². The Morgan fingerprint density at radius 2 is 1.64 bits per heavy atom. The van der Waals surface area contributed by atoms with E-state index in [0.29, 0.717) is 0 Å². The molecule has 1 N–H and O–H groups in total. The highest BCUT2D eigenvalue weighted by Gasteiger charge is 2.24. The molecule has 3 rings (SSSR count). The molecule has 128 valence electrons. The van der Waals surface area contributed by atoms with Crippen LogP contribution < -0.4 is 0 Å². The standard InChI is InChI=1S/C20H18O4S/c1-13-16-5-3-4-6-17(16)19(18(13)12-20(21)22)11-14-7-9-15(10-8-14)25(2,23)24/h3-11H,12H2,1-2H3,(H,21,22)/b19-11+. The highest BCUT2D eigenvalue weighted by molar-refractivity contribution is 7.90. The van der Waals surface area contributed by atoms with E-state index in [1.165, 1.54) is 6.26 Å². The van der Waals surface area contributed by atoms with Crippen molar-refractivity contribution in [3.8, 4) is 0 Å². The second-order valence-electron chi connectivity index (χ2n) is 6.12. The number of hydrogen-bond acceptors (Lipinski definition) is 3. The van der Waals surface area contributed by atoms with Gasteiger partial charge in [0.25, 0.3) is 0 Å². The molecule has 5 heteroatoms. The van der Waals surface area contributed by atoms with E-state index in [1.54, 1.807) is 24.3 Å². The van der Waals surface area contributed by atoms with Crippen molar-refractivity contribution >= 4 is 33.0 Å². The molecule has 0 fully saturated rings. The molecule has 1 aliphatic carbocycles. The zero-order valence-electron chi connectivity index (χ0n) is 14.0. The number of benzene rings is 2. The molecule has 2 aromatic carbocycles. The highest BCUT2D eigenvalue weighted by Crippen LogP contribution is 2.43. The molecule has 0 saturated heterocycles. The average Bonchev–Trinajstić information content (AvgIpc) is 2.80. The first-order valence-electron chi connectivity index (χ1n) is 7.81. The number of hydrogen-bond donors (Lipinski definition) is 1. The molecule has 4 nitrogen and oxygen atoms in total. The number of aliphatic carboxylic acids is 1. The zero-order valence-corrected chi connectivity index (χ0v) is 14.8. The van der Waals surface area contributed by atoms with Crippen LogP contribution in [0.2, 0.25) is 0 Å². The monoisotopic (exact) mass is 354 g/mol. The SMILES string of the molecule is CC1=C(CC(=O)O)/C(=C/c2ccc(S(C)(=O)=O)cc2)c2ccccc21. The summed E-state index contributed by atoms with van der Waals surface area (Å²) in [5.41, 5.74) is 5.51. The van der Waals surface area contributed by atoms with E-state index >= 15 is 0 Å². The quantitative estimate of drug-likeness (QED) is 0.904. The van der Waals surface area contributed by atoms with E-state index < -0.39 is 15.8 Å². The normalized spacial score (nSPS) is 15.5. The van der Waals surface area contributed by atoms with Crippen molar-refractivity contribution in [3.05, 3.63) is 70.8 Å². The van der Waals surface area contributed by atoms with E-state index in [2.05, 4.69) is 0 Å². The largest absolute Gasteiger partial charge is 0.481 e. The van der Waals surface area contributed by atoms with Crippen LogP contribution in [0.3, 0.4) is 0 Å². The van der Waals surface area contributed by atoms with Gasteiger partial charge in [-0.15, -0.1) is 0 Å². The summed E-state index contributed by atoms with van der Waals surface area (Å²) in [7, 11) is -3.24. The third-order valence-electron chi connectivity index (χ3n) is 4.35. The summed E-state index contributed by atoms with van der Waals surface area (Å²) in [6.45, 7) is 1.94. The molecule has 0 radical (unpaired) electrons. The minimum Gasteiger partial charge on any atom is -0.481 e. The number of carbonyl (C=O) groups is 1. The number of carboxylic acids is 1. The second kappa shape index (κ2) is 6.33. The first-order chi connectivity index (χ1) is 11.8. The van der Waals surface area contributed by atoms with Crippen LogP contribution in [0.5, 0.6) is 0 Å². The third-order valence-corrected chi connectivity index (χ3v) is 5.47. The van der Waals surface area contributed by atoms with Gasteiger partial charge < -0.3 is 5.11 Å². The molecule has 2 aromatic rings. The molecule has 25 heavy (non-hydrogen) atoms. The fourth-order valence-electron chi connectivity index (χ4n) is 3.09. The second-order valence-corrected chi connectivity index (χ2v) is 8.13. The highest BCUT2D eigenvalue weighted by atomic mass is 32.2. The van der Waals surface area contributed by atoms with Crippen LogP contribution >= 0.6 is 0 Å². The van der Waals surface area contributed by atoms with Crippen molar-refractivity contribution in [3.63, 3.8) is 0 Å². The lowest BCUT2D eigenvalue weighted by Crippen LogP contribution is -1.98. The molecule has 0 atom stereocenters. The summed E-state index contributed by atoms with van der Waals surface area (Å²) >= 11 is 0. The van der Waals surface area contributed by atoms with Crippen LogP contribution in [0.4, 0.5) is 0 Å². The van der Waals surface area contributed by atoms with Crippen molar-refractivity contribution in [2.45, 2.75) is 18.2 Å². The van der Waals surface area contributed by atoms with Gasteiger partial charge in [-0.1, -0.05) is 36.4 Å². The predicted octanol–water partition coefficient (Wildman–Crippen LogP) is 3.89. The van der Waals surface area contributed by atoms with Gasteiger partial charge >= 0.3 is 5.97 Å². The molecule has 0 bridgehead atoms. The molecule has 0 saturated carbocycles. The van der Waals surface area contributed by atoms with Crippen LogP contribution in [-0.2, 0) is 14.6 Å². The van der Waals surface area contributed by atoms with Crippen molar-refractivity contribution in [2.24, 2.45) is 0 Å². The molecule has 0 aromatic heterocycles. The Balaban J connectivity index is 2.10. The molecule has 0 unspecified atom stereocenters. The molecule has 0 aliphatic heterocycles. The Labute approximate surface area is 147 Å². The predicted molar refractivity (Wildman–Crippen MR) is 98.7 cm³/mol. The van der Waals surface area contributed by atoms with E-state index in [1.807, 2.05) is 37.3 Å². The summed E-state index contributed by atoms with van der Waals surface area (Å²) in [6.07, 6.45) is 3.04. The van der Waals surface area contributed by atoms with Crippen LogP contribution in [-0.4, -0.2) is 25.7 Å². The minimum atomic E-state index is -3.24. The average molecular weight is 354 g/mol. The molecule has 0 spiro atoms. The maximum atomic E-state index is 11.6. The first kappa shape index (κ1) is 17.2. The van der Waals surface area contributed by atoms with Gasteiger partial charge in [0.15, 0.2) is 9.84 Å². The molecule has 1 aliphatic rings. The smallest absolute Gasteiger partial charge is 0.307 e. The Morgan fingerprint density at radius 1 is 1.04 bits per heavy atom. The Hall–Kier alpha value is -2.66. The minimum absolute atomic E-state index is 0.0478. The maximum absolute atomic E-state index is 11.6. The molecular weight excluding hydrogens is 336 g/mol. The number of sulfone groups is 1. The fraction of sp³-hybridized carbons (Fsp3) is 0.150. The van der Waals surface area contributed by atoms with Gasteiger partial charge in [0, 0.05) is 6.26 Å². The van der Waals surface area contributed by atoms with Gasteiger partial charge in [-0.05, 0) is 58.5 Å². The van der Waals surface area contributed by atoms with Gasteiger partial charge in [-0.3, -0.25) is 4.79 Å². The zero-order chi connectivity index (χ0) is 18.2. The lowest BCUT2D eigenvalue weighted by Gasteiger charge is -2.07. The molecule has 0 heterocycles. The van der Waals surface area contributed by atoms with E-state index in [-0.39, 0.29) is 11.3 Å². The lowest BCUT2D eigenvalue weighted by atomic mass is 9.98. The van der Waals surface area contributed by atoms with E-state index in [9.17, 15) is 18.3 Å². The van der Waals surface area contributed by atoms with Gasteiger partial charge in [-0.25, -0.2) is 8.42 Å². The summed E-state index contributed by atoms with van der Waals surface area (Å²) in [4.78, 5) is 11.5. The summed E-state index contributed by atoms with van der Waals surface area (Å²) in [5, 5.41) is 9.25. The number of rotatable bonds is 4. The molecular formula is C20H18O4S. The summed E-state index contributed by atoms with van der Waals surface area (Å²) < 4.78 is 23.2. The van der Waals surface area contributed by atoms with Crippen molar-refractivity contribution in [1.29, 1.82) is 0 Å². The number of allylic oxidation sites excluding steroid dienone is 2. The Morgan fingerprint density at radius 3 is 2.20 bits per heavy atom. The fourth-order valence-corrected chi connectivity index (χ4v) is 3.72. The number of fused-ring (bicyclic) bond motifs is 1. The Kier molecular flexibility index (Phi) is 4.35. The van der Waals surface area contributed by atoms with Crippen LogP contribution in [0, 0.1) is 0 Å². The van der Waals surface area contributed by atoms with Crippen LogP contribution in [0.1, 0.15) is 30.0 Å². The lowest BCUT2D eigenvalue weighted by molar-refractivity contribution is -0.136. The Bertz CT molecular complexity index is 1010. The third kappa shape index (κ3) is 3.42. The molecule has 0 amide bonds. The van der Waals surface area contributed by atoms with Crippen LogP contribution in [0.25, 0.3) is 17.2 Å². The van der Waals surface area contributed by atoms with Gasteiger partial charge in [-0.2, -0.15) is 0 Å². The van der Waals surface area contributed by atoms with E-state index in [4.69, 9.17) is 0 Å². The first-order valence-corrected chi connectivity index (χ1v) is 9.70. The summed E-state index contributed by atoms with van der Waals surface area (Å²) in [5.74, 6) is -0.875. The van der Waals surface area contributed by atoms with Crippen molar-refractivity contribution in [1.82, 2.24) is 0 Å². The number of carboxylic acid groups (broad SMARTS) is 1. The van der Waals surface area contributed by atoms with Crippen molar-refractivity contribution in [2.75, 3.05) is 6.26 Å². The topological polar surface area (TPSA) is 71.4 Å². The maximum Gasteiger partial charge on any atom is 0.307 e. The van der Waals surface area contributed by atoms with Gasteiger partial charge in [0.05, 0.1) is 11.3 Å². The van der Waals surface area contributed by atoms with Gasteiger partial charge in [0.1, 0.15) is 0 Å².